The Morgan fingerprint density at radius 3 is 1.90 bits per heavy atom. The van der Waals surface area contributed by atoms with Crippen LogP contribution in [0.4, 0.5) is 0 Å². The van der Waals surface area contributed by atoms with Crippen LogP contribution in [0, 0.1) is 5.92 Å². The van der Waals surface area contributed by atoms with E-state index in [2.05, 4.69) is 89.8 Å². The number of piperidine rings is 1. The molecule has 0 spiro atoms. The second kappa shape index (κ2) is 9.87. The minimum atomic E-state index is 0.470. The molecule has 1 saturated heterocycles. The molecule has 1 fully saturated rings. The first kappa shape index (κ1) is 19.9. The van der Waals surface area contributed by atoms with Crippen molar-refractivity contribution in [2.45, 2.75) is 25.2 Å². The standard InChI is InChI=1S/C27H32N2/c28-18-7-19-29-20-16-26(17-21-29)27(24-10-5-2-6-11-24)25-14-12-23(13-15-25)22-8-3-1-4-9-22/h1-6,8-15,26-27H,7,16-21,28H2. The largest absolute Gasteiger partial charge is 0.330 e. The van der Waals surface area contributed by atoms with Gasteiger partial charge in [-0.3, -0.25) is 0 Å². The zero-order chi connectivity index (χ0) is 19.9. The number of nitrogens with zero attached hydrogens (tertiary/aromatic N) is 1. The maximum absolute atomic E-state index is 5.70. The molecule has 150 valence electrons. The molecule has 2 N–H and O–H groups in total. The summed E-state index contributed by atoms with van der Waals surface area (Å²) in [4.78, 5) is 2.59. The molecular weight excluding hydrogens is 352 g/mol. The van der Waals surface area contributed by atoms with Gasteiger partial charge in [0.1, 0.15) is 0 Å². The van der Waals surface area contributed by atoms with Crippen LogP contribution in [0.25, 0.3) is 11.1 Å². The highest BCUT2D eigenvalue weighted by Crippen LogP contribution is 2.38. The third-order valence-corrected chi connectivity index (χ3v) is 6.32. The number of nitrogens with two attached hydrogens (primary N) is 1. The molecule has 3 aromatic carbocycles. The van der Waals surface area contributed by atoms with E-state index < -0.39 is 0 Å². The van der Waals surface area contributed by atoms with E-state index in [9.17, 15) is 0 Å². The van der Waals surface area contributed by atoms with E-state index in [1.54, 1.807) is 0 Å². The molecule has 1 atom stereocenters. The van der Waals surface area contributed by atoms with Gasteiger partial charge in [0.05, 0.1) is 0 Å². The first-order chi connectivity index (χ1) is 14.3. The van der Waals surface area contributed by atoms with E-state index in [-0.39, 0.29) is 0 Å². The highest BCUT2D eigenvalue weighted by atomic mass is 15.1. The lowest BCUT2D eigenvalue weighted by molar-refractivity contribution is 0.174. The Hall–Kier alpha value is -2.42. The van der Waals surface area contributed by atoms with Gasteiger partial charge in [-0.25, -0.2) is 0 Å². The molecule has 1 unspecified atom stereocenters. The van der Waals surface area contributed by atoms with Crippen molar-refractivity contribution in [1.82, 2.24) is 4.90 Å². The van der Waals surface area contributed by atoms with Crippen molar-refractivity contribution in [3.05, 3.63) is 96.1 Å². The lowest BCUT2D eigenvalue weighted by Gasteiger charge is -2.36. The molecule has 1 aliphatic heterocycles. The van der Waals surface area contributed by atoms with Crippen LogP contribution < -0.4 is 5.73 Å². The first-order valence-corrected chi connectivity index (χ1v) is 11.0. The predicted octanol–water partition coefficient (Wildman–Crippen LogP) is 5.55. The van der Waals surface area contributed by atoms with Gasteiger partial charge in [0.25, 0.3) is 0 Å². The first-order valence-electron chi connectivity index (χ1n) is 11.0. The number of benzene rings is 3. The minimum absolute atomic E-state index is 0.470. The molecule has 1 heterocycles. The highest BCUT2D eigenvalue weighted by molar-refractivity contribution is 5.63. The molecule has 0 amide bonds. The number of hydrogen-bond acceptors (Lipinski definition) is 2. The summed E-state index contributed by atoms with van der Waals surface area (Å²) >= 11 is 0. The van der Waals surface area contributed by atoms with Crippen LogP contribution in [0.2, 0.25) is 0 Å². The van der Waals surface area contributed by atoms with E-state index in [1.165, 1.54) is 48.2 Å². The molecule has 0 aromatic heterocycles. The summed E-state index contributed by atoms with van der Waals surface area (Å²) in [5.41, 5.74) is 11.2. The maximum atomic E-state index is 5.70. The van der Waals surface area contributed by atoms with Gasteiger partial charge in [0.2, 0.25) is 0 Å². The second-order valence-electron chi connectivity index (χ2n) is 8.20. The third-order valence-electron chi connectivity index (χ3n) is 6.32. The van der Waals surface area contributed by atoms with Crippen LogP contribution in [0.15, 0.2) is 84.9 Å². The lowest BCUT2D eigenvalue weighted by Crippen LogP contribution is -2.37. The molecule has 2 heteroatoms. The lowest BCUT2D eigenvalue weighted by atomic mass is 9.76. The summed E-state index contributed by atoms with van der Waals surface area (Å²) in [6.07, 6.45) is 3.61. The Morgan fingerprint density at radius 2 is 1.28 bits per heavy atom. The minimum Gasteiger partial charge on any atom is -0.330 e. The average molecular weight is 385 g/mol. The van der Waals surface area contributed by atoms with Gasteiger partial charge in [0.15, 0.2) is 0 Å². The van der Waals surface area contributed by atoms with Gasteiger partial charge >= 0.3 is 0 Å². The summed E-state index contributed by atoms with van der Waals surface area (Å²) in [6, 6.07) is 31.0. The normalized spacial score (nSPS) is 16.6. The van der Waals surface area contributed by atoms with Crippen LogP contribution in [-0.4, -0.2) is 31.1 Å². The third kappa shape index (κ3) is 4.95. The van der Waals surface area contributed by atoms with Crippen LogP contribution in [0.3, 0.4) is 0 Å². The zero-order valence-electron chi connectivity index (χ0n) is 17.2. The molecule has 3 aromatic rings. The van der Waals surface area contributed by atoms with Crippen molar-refractivity contribution in [2.75, 3.05) is 26.2 Å². The van der Waals surface area contributed by atoms with Crippen LogP contribution in [0.1, 0.15) is 36.3 Å². The number of likely N-dealkylation sites (tertiary alicyclic amines) is 1. The summed E-state index contributed by atoms with van der Waals surface area (Å²) in [5.74, 6) is 1.16. The predicted molar refractivity (Wildman–Crippen MR) is 123 cm³/mol. The SMILES string of the molecule is NCCCN1CCC(C(c2ccccc2)c2ccc(-c3ccccc3)cc2)CC1. The van der Waals surface area contributed by atoms with Crippen molar-refractivity contribution in [3.63, 3.8) is 0 Å². The molecule has 0 bridgehead atoms. The van der Waals surface area contributed by atoms with E-state index in [0.29, 0.717) is 11.8 Å². The van der Waals surface area contributed by atoms with Crippen molar-refractivity contribution in [2.24, 2.45) is 11.7 Å². The van der Waals surface area contributed by atoms with Gasteiger partial charge in [-0.2, -0.15) is 0 Å². The fraction of sp³-hybridized carbons (Fsp3) is 0.333. The van der Waals surface area contributed by atoms with Gasteiger partial charge in [-0.15, -0.1) is 0 Å². The molecular formula is C27H32N2. The van der Waals surface area contributed by atoms with E-state index in [0.717, 1.165) is 19.5 Å². The number of rotatable bonds is 7. The summed E-state index contributed by atoms with van der Waals surface area (Å²) < 4.78 is 0. The van der Waals surface area contributed by atoms with E-state index in [4.69, 9.17) is 5.73 Å². The molecule has 4 rings (SSSR count). The van der Waals surface area contributed by atoms with Gasteiger partial charge in [-0.05, 0) is 73.6 Å². The van der Waals surface area contributed by atoms with Crippen molar-refractivity contribution >= 4 is 0 Å². The summed E-state index contributed by atoms with van der Waals surface area (Å²) in [6.45, 7) is 4.32. The fourth-order valence-corrected chi connectivity index (χ4v) is 4.74. The Morgan fingerprint density at radius 1 is 0.724 bits per heavy atom. The van der Waals surface area contributed by atoms with Crippen LogP contribution >= 0.6 is 0 Å². The molecule has 0 radical (unpaired) electrons. The molecule has 29 heavy (non-hydrogen) atoms. The smallest absolute Gasteiger partial charge is 0.0119 e. The number of hydrogen-bond donors (Lipinski definition) is 1. The van der Waals surface area contributed by atoms with Crippen LogP contribution in [-0.2, 0) is 0 Å². The van der Waals surface area contributed by atoms with Crippen molar-refractivity contribution in [1.29, 1.82) is 0 Å². The Bertz CT molecular complexity index is 850. The Labute approximate surface area is 175 Å². The summed E-state index contributed by atoms with van der Waals surface area (Å²) in [5, 5.41) is 0. The van der Waals surface area contributed by atoms with E-state index in [1.807, 2.05) is 0 Å². The van der Waals surface area contributed by atoms with Gasteiger partial charge < -0.3 is 10.6 Å². The van der Waals surface area contributed by atoms with Gasteiger partial charge in [-0.1, -0.05) is 84.9 Å². The molecule has 0 aliphatic carbocycles. The fourth-order valence-electron chi connectivity index (χ4n) is 4.74. The summed E-state index contributed by atoms with van der Waals surface area (Å²) in [7, 11) is 0. The zero-order valence-corrected chi connectivity index (χ0v) is 17.2. The van der Waals surface area contributed by atoms with Crippen LogP contribution in [0.5, 0.6) is 0 Å². The topological polar surface area (TPSA) is 29.3 Å². The second-order valence-corrected chi connectivity index (χ2v) is 8.20. The quantitative estimate of drug-likeness (QED) is 0.579. The van der Waals surface area contributed by atoms with E-state index >= 15 is 0 Å². The van der Waals surface area contributed by atoms with Gasteiger partial charge in [0, 0.05) is 5.92 Å². The molecule has 2 nitrogen and oxygen atoms in total. The Balaban J connectivity index is 1.56. The Kier molecular flexibility index (Phi) is 6.76. The van der Waals surface area contributed by atoms with Crippen molar-refractivity contribution in [3.8, 4) is 11.1 Å². The molecule has 0 saturated carbocycles. The maximum Gasteiger partial charge on any atom is 0.0119 e. The molecule has 1 aliphatic rings. The monoisotopic (exact) mass is 384 g/mol. The average Bonchev–Trinajstić information content (AvgIpc) is 2.80. The van der Waals surface area contributed by atoms with Crippen molar-refractivity contribution < 1.29 is 0 Å². The highest BCUT2D eigenvalue weighted by Gasteiger charge is 2.28.